The van der Waals surface area contributed by atoms with Crippen molar-refractivity contribution < 1.29 is 19.1 Å². The fraction of sp³-hybridized carbons (Fsp3) is 0.154. The van der Waals surface area contributed by atoms with Crippen molar-refractivity contribution >= 4 is 23.1 Å². The first-order chi connectivity index (χ1) is 14.5. The molecular weight excluding hydrogens is 376 g/mol. The molecule has 0 amide bonds. The Labute approximate surface area is 176 Å². The first-order valence-electron chi connectivity index (χ1n) is 9.84. The smallest absolute Gasteiger partial charge is 0.308 e. The van der Waals surface area contributed by atoms with Crippen LogP contribution in [0.15, 0.2) is 78.9 Å². The van der Waals surface area contributed by atoms with E-state index in [4.69, 9.17) is 9.47 Å². The molecule has 0 N–H and O–H groups in total. The number of carbonyl (C=O) groups excluding carboxylic acids is 2. The highest BCUT2D eigenvalue weighted by molar-refractivity contribution is 5.99. The van der Waals surface area contributed by atoms with E-state index in [2.05, 4.69) is 31.2 Å². The fourth-order valence-corrected chi connectivity index (χ4v) is 3.42. The molecule has 0 atom stereocenters. The summed E-state index contributed by atoms with van der Waals surface area (Å²) >= 11 is 0. The number of hydrogen-bond acceptors (Lipinski definition) is 4. The van der Waals surface area contributed by atoms with Crippen molar-refractivity contribution in [3.8, 4) is 11.5 Å². The number of esters is 2. The van der Waals surface area contributed by atoms with Crippen molar-refractivity contribution in [1.82, 2.24) is 0 Å². The Balaban J connectivity index is 2.25. The van der Waals surface area contributed by atoms with E-state index in [0.29, 0.717) is 0 Å². The number of hydrogen-bond donors (Lipinski definition) is 0. The summed E-state index contributed by atoms with van der Waals surface area (Å²) in [6.45, 7) is 4.75. The summed E-state index contributed by atoms with van der Waals surface area (Å²) in [4.78, 5) is 23.1. The van der Waals surface area contributed by atoms with Crippen LogP contribution in [0.2, 0.25) is 0 Å². The molecular formula is C26H24O4. The van der Waals surface area contributed by atoms with Gasteiger partial charge in [-0.1, -0.05) is 73.7 Å². The minimum absolute atomic E-state index is 0.214. The molecule has 0 saturated heterocycles. The van der Waals surface area contributed by atoms with Gasteiger partial charge in [0.25, 0.3) is 0 Å². The summed E-state index contributed by atoms with van der Waals surface area (Å²) in [5, 5.41) is 0. The van der Waals surface area contributed by atoms with Crippen molar-refractivity contribution in [2.24, 2.45) is 0 Å². The molecule has 30 heavy (non-hydrogen) atoms. The van der Waals surface area contributed by atoms with E-state index in [1.54, 1.807) is 12.1 Å². The normalized spacial score (nSPS) is 11.4. The third-order valence-corrected chi connectivity index (χ3v) is 4.58. The van der Waals surface area contributed by atoms with Crippen molar-refractivity contribution in [2.75, 3.05) is 0 Å². The summed E-state index contributed by atoms with van der Waals surface area (Å²) < 4.78 is 10.6. The molecule has 0 aliphatic heterocycles. The molecule has 0 saturated carbocycles. The summed E-state index contributed by atoms with van der Waals surface area (Å²) in [5.41, 5.74) is 5.24. The quantitative estimate of drug-likeness (QED) is 0.293. The minimum atomic E-state index is -0.482. The number of allylic oxidation sites excluding steroid dienone is 1. The van der Waals surface area contributed by atoms with Gasteiger partial charge in [0.05, 0.1) is 0 Å². The number of benzene rings is 3. The van der Waals surface area contributed by atoms with Gasteiger partial charge in [-0.05, 0) is 46.4 Å². The second-order valence-electron chi connectivity index (χ2n) is 6.79. The van der Waals surface area contributed by atoms with Crippen molar-refractivity contribution in [1.29, 1.82) is 0 Å². The molecule has 0 heterocycles. The summed E-state index contributed by atoms with van der Waals surface area (Å²) in [5.74, 6) is -0.531. The average Bonchev–Trinajstić information content (AvgIpc) is 2.74. The third kappa shape index (κ3) is 5.03. The van der Waals surface area contributed by atoms with Crippen LogP contribution in [0, 0.1) is 0 Å². The monoisotopic (exact) mass is 400 g/mol. The Morgan fingerprint density at radius 3 is 1.73 bits per heavy atom. The molecule has 0 aliphatic carbocycles. The number of ether oxygens (including phenoxy) is 2. The van der Waals surface area contributed by atoms with E-state index in [1.807, 2.05) is 42.5 Å². The average molecular weight is 400 g/mol. The van der Waals surface area contributed by atoms with Crippen LogP contribution in [0.25, 0.3) is 11.1 Å². The Kier molecular flexibility index (Phi) is 6.81. The zero-order valence-electron chi connectivity index (χ0n) is 17.3. The van der Waals surface area contributed by atoms with E-state index in [-0.39, 0.29) is 11.5 Å². The molecule has 3 aromatic rings. The van der Waals surface area contributed by atoms with Crippen LogP contribution in [0.3, 0.4) is 0 Å². The molecule has 0 aliphatic rings. The van der Waals surface area contributed by atoms with Gasteiger partial charge in [-0.3, -0.25) is 9.59 Å². The lowest BCUT2D eigenvalue weighted by atomic mass is 9.88. The van der Waals surface area contributed by atoms with Crippen LogP contribution in [0.1, 0.15) is 43.9 Å². The molecule has 3 rings (SSSR count). The molecule has 0 radical (unpaired) electrons. The maximum absolute atomic E-state index is 11.6. The maximum Gasteiger partial charge on any atom is 0.308 e. The Hall–Kier alpha value is -3.66. The van der Waals surface area contributed by atoms with E-state index in [1.165, 1.54) is 13.8 Å². The van der Waals surface area contributed by atoms with Crippen molar-refractivity contribution in [3.63, 3.8) is 0 Å². The van der Waals surface area contributed by atoms with Gasteiger partial charge in [-0.25, -0.2) is 0 Å². The van der Waals surface area contributed by atoms with Crippen molar-refractivity contribution in [2.45, 2.75) is 27.2 Å². The van der Waals surface area contributed by atoms with E-state index >= 15 is 0 Å². The molecule has 0 unspecified atom stereocenters. The second-order valence-corrected chi connectivity index (χ2v) is 6.79. The number of rotatable bonds is 6. The first kappa shape index (κ1) is 21.1. The molecule has 4 heteroatoms. The molecule has 0 fully saturated rings. The van der Waals surface area contributed by atoms with Gasteiger partial charge in [0.1, 0.15) is 0 Å². The van der Waals surface area contributed by atoms with Gasteiger partial charge >= 0.3 is 11.9 Å². The molecule has 0 bridgehead atoms. The van der Waals surface area contributed by atoms with E-state index < -0.39 is 11.9 Å². The lowest BCUT2D eigenvalue weighted by Crippen LogP contribution is -2.07. The zero-order chi connectivity index (χ0) is 21.5. The van der Waals surface area contributed by atoms with Gasteiger partial charge in [0.2, 0.25) is 0 Å². The van der Waals surface area contributed by atoms with Gasteiger partial charge in [0, 0.05) is 13.8 Å². The fourth-order valence-electron chi connectivity index (χ4n) is 3.42. The Bertz CT molecular complexity index is 1070. The lowest BCUT2D eigenvalue weighted by molar-refractivity contribution is -0.134. The molecule has 3 aromatic carbocycles. The van der Waals surface area contributed by atoms with Gasteiger partial charge in [-0.15, -0.1) is 0 Å². The second kappa shape index (κ2) is 9.70. The highest BCUT2D eigenvalue weighted by Crippen LogP contribution is 2.38. The van der Waals surface area contributed by atoms with Crippen LogP contribution in [-0.4, -0.2) is 11.9 Å². The zero-order valence-corrected chi connectivity index (χ0v) is 17.3. The summed E-state index contributed by atoms with van der Waals surface area (Å²) in [6.07, 6.45) is 0.808. The molecule has 0 aromatic heterocycles. The number of carbonyl (C=O) groups is 2. The third-order valence-electron chi connectivity index (χ3n) is 4.58. The van der Waals surface area contributed by atoms with Gasteiger partial charge < -0.3 is 9.47 Å². The van der Waals surface area contributed by atoms with E-state index in [0.717, 1.165) is 34.3 Å². The molecule has 0 spiro atoms. The summed E-state index contributed by atoms with van der Waals surface area (Å²) in [6, 6.07) is 25.6. The predicted octanol–water partition coefficient (Wildman–Crippen LogP) is 5.91. The van der Waals surface area contributed by atoms with Gasteiger partial charge in [-0.2, -0.15) is 0 Å². The van der Waals surface area contributed by atoms with Crippen LogP contribution in [0.4, 0.5) is 0 Å². The Morgan fingerprint density at radius 1 is 0.667 bits per heavy atom. The van der Waals surface area contributed by atoms with Crippen LogP contribution in [0.5, 0.6) is 11.5 Å². The topological polar surface area (TPSA) is 52.6 Å². The first-order valence-corrected chi connectivity index (χ1v) is 9.84. The largest absolute Gasteiger partial charge is 0.423 e. The molecule has 4 nitrogen and oxygen atoms in total. The van der Waals surface area contributed by atoms with Crippen LogP contribution in [-0.2, 0) is 9.59 Å². The maximum atomic E-state index is 11.6. The lowest BCUT2D eigenvalue weighted by Gasteiger charge is -2.18. The SMILES string of the molecule is CC/C(=C(/c1ccccc1)c1ccc(OC(C)=O)c(OC(C)=O)c1)c1ccccc1. The summed E-state index contributed by atoms with van der Waals surface area (Å²) in [7, 11) is 0. The Morgan fingerprint density at radius 2 is 1.20 bits per heavy atom. The standard InChI is InChI=1S/C26H24O4/c1-4-23(20-11-7-5-8-12-20)26(21-13-9-6-10-14-21)22-15-16-24(29-18(2)27)25(17-22)30-19(3)28/h5-17H,4H2,1-3H3/b26-23+. The highest BCUT2D eigenvalue weighted by atomic mass is 16.6. The minimum Gasteiger partial charge on any atom is -0.423 e. The predicted molar refractivity (Wildman–Crippen MR) is 118 cm³/mol. The highest BCUT2D eigenvalue weighted by Gasteiger charge is 2.17. The van der Waals surface area contributed by atoms with Gasteiger partial charge in [0.15, 0.2) is 11.5 Å². The van der Waals surface area contributed by atoms with Crippen LogP contribution < -0.4 is 9.47 Å². The van der Waals surface area contributed by atoms with Crippen LogP contribution >= 0.6 is 0 Å². The van der Waals surface area contributed by atoms with Crippen molar-refractivity contribution in [3.05, 3.63) is 95.6 Å². The van der Waals surface area contributed by atoms with E-state index in [9.17, 15) is 9.59 Å². The molecule has 152 valence electrons.